The van der Waals surface area contributed by atoms with Crippen LogP contribution in [0.5, 0.6) is 0 Å². The molecule has 1 fully saturated rings. The molecule has 1 unspecified atom stereocenters. The van der Waals surface area contributed by atoms with Gasteiger partial charge >= 0.3 is 7.12 Å². The van der Waals surface area contributed by atoms with Crippen molar-refractivity contribution in [2.75, 3.05) is 13.7 Å². The van der Waals surface area contributed by atoms with Crippen LogP contribution in [-0.2, 0) is 14.0 Å². The predicted octanol–water partition coefficient (Wildman–Crippen LogP) is 3.29. The quantitative estimate of drug-likeness (QED) is 0.546. The molecule has 136 valence electrons. The third-order valence-corrected chi connectivity index (χ3v) is 4.70. The van der Waals surface area contributed by atoms with E-state index in [0.717, 1.165) is 30.4 Å². The summed E-state index contributed by atoms with van der Waals surface area (Å²) in [5.41, 5.74) is 6.92. The summed E-state index contributed by atoms with van der Waals surface area (Å²) in [4.78, 5) is 4.36. The van der Waals surface area contributed by atoms with Crippen LogP contribution in [0.1, 0.15) is 54.4 Å². The number of aliphatic imine (C=N–C) groups is 1. The minimum Gasteiger partial charge on any atom is -0.404 e. The molecule has 0 aromatic rings. The molecular formula is C18H33BN2O3. The number of hydrogen-bond donors (Lipinski definition) is 1. The number of allylic oxidation sites excluding steroid dienone is 1. The number of ether oxygens (including phenoxy) is 1. The van der Waals surface area contributed by atoms with E-state index in [2.05, 4.69) is 46.5 Å². The van der Waals surface area contributed by atoms with Crippen molar-refractivity contribution in [3.63, 3.8) is 0 Å². The van der Waals surface area contributed by atoms with Crippen LogP contribution in [0.15, 0.2) is 28.3 Å². The number of nitrogens with zero attached hydrogens (tertiary/aromatic N) is 1. The van der Waals surface area contributed by atoms with E-state index in [1.54, 1.807) is 19.5 Å². The van der Waals surface area contributed by atoms with Crippen molar-refractivity contribution >= 4 is 13.3 Å². The minimum absolute atomic E-state index is 0.274. The molecule has 0 amide bonds. The summed E-state index contributed by atoms with van der Waals surface area (Å²) in [6, 6.07) is 0. The molecule has 0 aromatic heterocycles. The molecule has 1 heterocycles. The predicted molar refractivity (Wildman–Crippen MR) is 101 cm³/mol. The van der Waals surface area contributed by atoms with Gasteiger partial charge < -0.3 is 19.8 Å². The lowest BCUT2D eigenvalue weighted by atomic mass is 9.75. The van der Waals surface area contributed by atoms with Gasteiger partial charge in [-0.25, -0.2) is 0 Å². The van der Waals surface area contributed by atoms with Gasteiger partial charge in [-0.15, -0.1) is 0 Å². The Bertz CT molecular complexity index is 482. The molecule has 0 aromatic carbocycles. The fourth-order valence-electron chi connectivity index (χ4n) is 2.36. The Labute approximate surface area is 147 Å². The second-order valence-electron chi connectivity index (χ2n) is 7.04. The van der Waals surface area contributed by atoms with Crippen LogP contribution in [0.3, 0.4) is 0 Å². The van der Waals surface area contributed by atoms with Gasteiger partial charge in [-0.1, -0.05) is 19.9 Å². The zero-order chi connectivity index (χ0) is 18.4. The van der Waals surface area contributed by atoms with Gasteiger partial charge in [-0.05, 0) is 46.0 Å². The van der Waals surface area contributed by atoms with E-state index in [9.17, 15) is 0 Å². The Morgan fingerprint density at radius 1 is 1.21 bits per heavy atom. The van der Waals surface area contributed by atoms with Crippen LogP contribution in [0, 0.1) is 0 Å². The minimum atomic E-state index is -0.371. The highest BCUT2D eigenvalue weighted by Crippen LogP contribution is 2.39. The summed E-state index contributed by atoms with van der Waals surface area (Å²) in [5, 5.41) is 0. The summed E-state index contributed by atoms with van der Waals surface area (Å²) in [6.45, 7) is 13.2. The van der Waals surface area contributed by atoms with Gasteiger partial charge in [-0.2, -0.15) is 0 Å². The molecule has 1 aliphatic rings. The summed E-state index contributed by atoms with van der Waals surface area (Å²) in [7, 11) is 1.29. The van der Waals surface area contributed by atoms with Crippen molar-refractivity contribution in [1.82, 2.24) is 0 Å². The van der Waals surface area contributed by atoms with Gasteiger partial charge in [0, 0.05) is 31.6 Å². The van der Waals surface area contributed by atoms with Crippen LogP contribution in [-0.4, -0.2) is 44.3 Å². The fourth-order valence-corrected chi connectivity index (χ4v) is 2.36. The molecule has 2 N–H and O–H groups in total. The van der Waals surface area contributed by atoms with E-state index >= 15 is 0 Å². The Morgan fingerprint density at radius 2 is 1.79 bits per heavy atom. The fraction of sp³-hybridized carbons (Fsp3) is 0.722. The lowest BCUT2D eigenvalue weighted by molar-refractivity contribution is 0.00578. The van der Waals surface area contributed by atoms with Gasteiger partial charge in [0.1, 0.15) is 6.10 Å². The molecular weight excluding hydrogens is 303 g/mol. The second kappa shape index (κ2) is 8.83. The standard InChI is InChI=1S/C18H33BN2O3/c1-8-10-21-13-14(12-20)16(22-7)11-15(9-2)19-23-17(3,4)18(5,6)24-19/h11-13,16H,8-10,20H2,1-7H3/b14-12+,15-11+,21-13?. The topological polar surface area (TPSA) is 66.1 Å². The van der Waals surface area contributed by atoms with Crippen molar-refractivity contribution in [3.8, 4) is 0 Å². The Morgan fingerprint density at radius 3 is 2.21 bits per heavy atom. The van der Waals surface area contributed by atoms with Crippen LogP contribution in [0.25, 0.3) is 0 Å². The highest BCUT2D eigenvalue weighted by molar-refractivity contribution is 6.54. The van der Waals surface area contributed by atoms with E-state index in [4.69, 9.17) is 19.8 Å². The smallest absolute Gasteiger partial charge is 0.404 e. The van der Waals surface area contributed by atoms with Gasteiger partial charge in [-0.3, -0.25) is 4.99 Å². The Balaban J connectivity index is 3.00. The van der Waals surface area contributed by atoms with Gasteiger partial charge in [0.2, 0.25) is 0 Å². The monoisotopic (exact) mass is 336 g/mol. The van der Waals surface area contributed by atoms with Gasteiger partial charge in [0.15, 0.2) is 0 Å². The van der Waals surface area contributed by atoms with Gasteiger partial charge in [0.05, 0.1) is 11.2 Å². The lowest BCUT2D eigenvalue weighted by Crippen LogP contribution is -2.41. The SMILES string of the molecule is CCCN=C/C(=C\N)C(/C=C(\CC)B1OC(C)(C)C(C)(C)O1)OC. The normalized spacial score (nSPS) is 22.4. The molecule has 6 heteroatoms. The highest BCUT2D eigenvalue weighted by atomic mass is 16.7. The molecule has 0 bridgehead atoms. The lowest BCUT2D eigenvalue weighted by Gasteiger charge is -2.32. The van der Waals surface area contributed by atoms with E-state index in [0.29, 0.717) is 0 Å². The van der Waals surface area contributed by atoms with E-state index in [1.807, 2.05) is 6.08 Å². The molecule has 1 saturated heterocycles. The highest BCUT2D eigenvalue weighted by Gasteiger charge is 2.52. The average Bonchev–Trinajstić information content (AvgIpc) is 2.74. The molecule has 0 aliphatic carbocycles. The summed E-state index contributed by atoms with van der Waals surface area (Å²) in [6.07, 6.45) is 6.88. The first kappa shape index (κ1) is 20.9. The summed E-state index contributed by atoms with van der Waals surface area (Å²) < 4.78 is 17.9. The number of hydrogen-bond acceptors (Lipinski definition) is 5. The van der Waals surface area contributed by atoms with Crippen LogP contribution in [0.2, 0.25) is 0 Å². The maximum absolute atomic E-state index is 6.14. The van der Waals surface area contributed by atoms with Crippen molar-refractivity contribution < 1.29 is 14.0 Å². The van der Waals surface area contributed by atoms with Crippen LogP contribution in [0.4, 0.5) is 0 Å². The molecule has 1 rings (SSSR count). The van der Waals surface area contributed by atoms with Gasteiger partial charge in [0.25, 0.3) is 0 Å². The number of methoxy groups -OCH3 is 1. The maximum atomic E-state index is 6.14. The van der Waals surface area contributed by atoms with Crippen molar-refractivity contribution in [2.24, 2.45) is 10.7 Å². The van der Waals surface area contributed by atoms with E-state index in [1.165, 1.54) is 0 Å². The zero-order valence-corrected chi connectivity index (χ0v) is 16.3. The molecule has 0 radical (unpaired) electrons. The summed E-state index contributed by atoms with van der Waals surface area (Å²) in [5.74, 6) is 0. The van der Waals surface area contributed by atoms with Crippen molar-refractivity contribution in [2.45, 2.75) is 71.7 Å². The molecule has 1 aliphatic heterocycles. The van der Waals surface area contributed by atoms with E-state index in [-0.39, 0.29) is 24.4 Å². The second-order valence-corrected chi connectivity index (χ2v) is 7.04. The first-order valence-corrected chi connectivity index (χ1v) is 8.73. The molecule has 5 nitrogen and oxygen atoms in total. The molecule has 0 saturated carbocycles. The van der Waals surface area contributed by atoms with Crippen LogP contribution < -0.4 is 5.73 Å². The van der Waals surface area contributed by atoms with Crippen molar-refractivity contribution in [3.05, 3.63) is 23.3 Å². The third kappa shape index (κ3) is 4.95. The average molecular weight is 336 g/mol. The van der Waals surface area contributed by atoms with Crippen LogP contribution >= 0.6 is 0 Å². The molecule has 0 spiro atoms. The van der Waals surface area contributed by atoms with E-state index < -0.39 is 0 Å². The molecule has 1 atom stereocenters. The maximum Gasteiger partial charge on any atom is 0.490 e. The zero-order valence-electron chi connectivity index (χ0n) is 16.3. The Kier molecular flexibility index (Phi) is 7.71. The first-order chi connectivity index (χ1) is 11.2. The third-order valence-electron chi connectivity index (χ3n) is 4.70. The number of rotatable bonds is 8. The number of nitrogens with two attached hydrogens (primary N) is 1. The summed E-state index contributed by atoms with van der Waals surface area (Å²) >= 11 is 0. The Hall–Kier alpha value is -1.11. The van der Waals surface area contributed by atoms with Crippen molar-refractivity contribution in [1.29, 1.82) is 0 Å². The molecule has 24 heavy (non-hydrogen) atoms. The largest absolute Gasteiger partial charge is 0.490 e. The first-order valence-electron chi connectivity index (χ1n) is 8.73.